The molecule has 1 aromatic carbocycles. The summed E-state index contributed by atoms with van der Waals surface area (Å²) < 4.78 is 5.37. The van der Waals surface area contributed by atoms with E-state index in [4.69, 9.17) is 26.7 Å². The second-order valence-corrected chi connectivity index (χ2v) is 6.86. The fourth-order valence-electron chi connectivity index (χ4n) is 2.65. The van der Waals surface area contributed by atoms with Crippen LogP contribution in [-0.2, 0) is 4.74 Å². The minimum Gasteiger partial charge on any atom is -0.499 e. The molecule has 0 spiro atoms. The molecule has 29 heavy (non-hydrogen) atoms. The van der Waals surface area contributed by atoms with Gasteiger partial charge in [0.2, 0.25) is 0 Å². The molecule has 1 unspecified atom stereocenters. The lowest BCUT2D eigenvalue weighted by atomic mass is 10.1. The van der Waals surface area contributed by atoms with E-state index in [-0.39, 0.29) is 5.38 Å². The van der Waals surface area contributed by atoms with Crippen molar-refractivity contribution in [1.29, 1.82) is 5.41 Å². The van der Waals surface area contributed by atoms with E-state index in [0.29, 0.717) is 40.2 Å². The van der Waals surface area contributed by atoms with Gasteiger partial charge in [-0.15, -0.1) is 11.6 Å². The third-order valence-corrected chi connectivity index (χ3v) is 4.25. The monoisotopic (exact) mass is 411 g/mol. The number of hydrogen-bond acceptors (Lipinski definition) is 6. The smallest absolute Gasteiger partial charge is 0.162 e. The molecule has 0 fully saturated rings. The summed E-state index contributed by atoms with van der Waals surface area (Å²) in [5, 5.41) is 14.2. The molecule has 2 aromatic rings. The lowest BCUT2D eigenvalue weighted by molar-refractivity contribution is 0.282. The number of hydrogen-bond donors (Lipinski definition) is 3. The van der Waals surface area contributed by atoms with Crippen molar-refractivity contribution in [3.05, 3.63) is 72.3 Å². The zero-order chi connectivity index (χ0) is 21.4. The summed E-state index contributed by atoms with van der Waals surface area (Å²) in [6.07, 6.45) is 5.24. The average molecular weight is 412 g/mol. The van der Waals surface area contributed by atoms with Crippen LogP contribution in [0.2, 0.25) is 0 Å². The van der Waals surface area contributed by atoms with Gasteiger partial charge in [-0.3, -0.25) is 0 Å². The van der Waals surface area contributed by atoms with E-state index in [1.807, 2.05) is 37.3 Å². The summed E-state index contributed by atoms with van der Waals surface area (Å²) in [5.41, 5.74) is 3.01. The third kappa shape index (κ3) is 5.68. The maximum absolute atomic E-state index is 8.16. The van der Waals surface area contributed by atoms with Crippen molar-refractivity contribution in [3.8, 4) is 11.4 Å². The van der Waals surface area contributed by atoms with Crippen molar-refractivity contribution in [1.82, 2.24) is 9.97 Å². The highest BCUT2D eigenvalue weighted by Crippen LogP contribution is 2.29. The summed E-state index contributed by atoms with van der Waals surface area (Å²) in [4.78, 5) is 9.29. The number of ether oxygens (including phenoxy) is 1. The summed E-state index contributed by atoms with van der Waals surface area (Å²) in [7, 11) is 3.34. The molecular weight excluding hydrogens is 386 g/mol. The standard InChI is InChI=1S/C22H26ClN5O/c1-6-10-17(13-18(29-5)14(2)23)26-22-20(25-4)19(15(3)24)27-21(28-22)16-11-8-7-9-12-16/h6-14,24-25H,1H2,2-5H3,(H,26,27,28)/b17-10+,18-13+,24-15?. The van der Waals surface area contributed by atoms with Gasteiger partial charge in [-0.25, -0.2) is 9.97 Å². The number of allylic oxidation sites excluding steroid dienone is 4. The molecule has 1 aromatic heterocycles. The van der Waals surface area contributed by atoms with E-state index in [0.717, 1.165) is 5.56 Å². The molecule has 0 amide bonds. The highest BCUT2D eigenvalue weighted by atomic mass is 35.5. The van der Waals surface area contributed by atoms with Crippen LogP contribution in [0.4, 0.5) is 11.5 Å². The zero-order valence-electron chi connectivity index (χ0n) is 17.1. The Morgan fingerprint density at radius 1 is 1.28 bits per heavy atom. The minimum atomic E-state index is -0.302. The Morgan fingerprint density at radius 2 is 1.97 bits per heavy atom. The first-order valence-corrected chi connectivity index (χ1v) is 9.55. The van der Waals surface area contributed by atoms with Crippen molar-refractivity contribution in [2.24, 2.45) is 0 Å². The molecule has 1 atom stereocenters. The van der Waals surface area contributed by atoms with Crippen molar-refractivity contribution >= 4 is 28.8 Å². The number of alkyl halides is 1. The third-order valence-electron chi connectivity index (χ3n) is 4.03. The molecule has 0 aliphatic rings. The van der Waals surface area contributed by atoms with Crippen LogP contribution in [-0.4, -0.2) is 35.2 Å². The van der Waals surface area contributed by atoms with Gasteiger partial charge < -0.3 is 20.8 Å². The number of nitrogens with one attached hydrogen (secondary N) is 3. The molecule has 0 radical (unpaired) electrons. The normalized spacial score (nSPS) is 12.9. The minimum absolute atomic E-state index is 0.302. The van der Waals surface area contributed by atoms with Crippen LogP contribution in [0.3, 0.4) is 0 Å². The van der Waals surface area contributed by atoms with Gasteiger partial charge in [-0.05, 0) is 19.9 Å². The van der Waals surface area contributed by atoms with Gasteiger partial charge in [0.05, 0.1) is 18.2 Å². The van der Waals surface area contributed by atoms with Gasteiger partial charge in [0.25, 0.3) is 0 Å². The predicted octanol–water partition coefficient (Wildman–Crippen LogP) is 5.21. The van der Waals surface area contributed by atoms with Crippen molar-refractivity contribution < 1.29 is 4.74 Å². The van der Waals surface area contributed by atoms with Crippen LogP contribution in [0, 0.1) is 5.41 Å². The van der Waals surface area contributed by atoms with E-state index in [9.17, 15) is 0 Å². The Labute approximate surface area is 176 Å². The number of rotatable bonds is 9. The largest absolute Gasteiger partial charge is 0.499 e. The van der Waals surface area contributed by atoms with Gasteiger partial charge >= 0.3 is 0 Å². The molecule has 6 nitrogen and oxygen atoms in total. The van der Waals surface area contributed by atoms with Crippen molar-refractivity contribution in [3.63, 3.8) is 0 Å². The molecule has 0 saturated heterocycles. The molecule has 1 heterocycles. The van der Waals surface area contributed by atoms with Crippen LogP contribution < -0.4 is 10.6 Å². The van der Waals surface area contributed by atoms with Crippen LogP contribution in [0.1, 0.15) is 19.5 Å². The molecule has 2 rings (SSSR count). The lowest BCUT2D eigenvalue weighted by Crippen LogP contribution is -2.12. The number of anilines is 2. The number of halogens is 1. The summed E-state index contributed by atoms with van der Waals surface area (Å²) >= 11 is 6.18. The molecule has 0 aliphatic carbocycles. The molecule has 0 aliphatic heterocycles. The van der Waals surface area contributed by atoms with Gasteiger partial charge in [0.15, 0.2) is 11.6 Å². The van der Waals surface area contributed by atoms with Crippen LogP contribution >= 0.6 is 11.6 Å². The highest BCUT2D eigenvalue weighted by molar-refractivity contribution is 6.21. The Kier molecular flexibility index (Phi) is 7.98. The molecule has 0 bridgehead atoms. The average Bonchev–Trinajstić information content (AvgIpc) is 2.71. The molecule has 7 heteroatoms. The van der Waals surface area contributed by atoms with Gasteiger partial charge in [-0.2, -0.15) is 0 Å². The van der Waals surface area contributed by atoms with E-state index in [1.165, 1.54) is 0 Å². The first-order chi connectivity index (χ1) is 13.9. The topological polar surface area (TPSA) is 82.9 Å². The van der Waals surface area contributed by atoms with E-state index in [2.05, 4.69) is 22.2 Å². The predicted molar refractivity (Wildman–Crippen MR) is 122 cm³/mol. The second-order valence-electron chi connectivity index (χ2n) is 6.21. The first kappa shape index (κ1) is 22.2. The van der Waals surface area contributed by atoms with E-state index >= 15 is 0 Å². The second kappa shape index (κ2) is 10.4. The Balaban J connectivity index is 2.62. The maximum atomic E-state index is 8.16. The molecule has 0 saturated carbocycles. The number of methoxy groups -OCH3 is 1. The molecule has 3 N–H and O–H groups in total. The molecular formula is C22H26ClN5O. The van der Waals surface area contributed by atoms with Crippen molar-refractivity contribution in [2.75, 3.05) is 24.8 Å². The van der Waals surface area contributed by atoms with Gasteiger partial charge in [-0.1, -0.05) is 43.0 Å². The fourth-order valence-corrected chi connectivity index (χ4v) is 2.81. The molecule has 152 valence electrons. The zero-order valence-corrected chi connectivity index (χ0v) is 17.8. The highest BCUT2D eigenvalue weighted by Gasteiger charge is 2.17. The van der Waals surface area contributed by atoms with Crippen LogP contribution in [0.25, 0.3) is 11.4 Å². The van der Waals surface area contributed by atoms with Gasteiger partial charge in [0, 0.05) is 24.4 Å². The Morgan fingerprint density at radius 3 is 2.48 bits per heavy atom. The summed E-state index contributed by atoms with van der Waals surface area (Å²) in [6, 6.07) is 9.64. The van der Waals surface area contributed by atoms with Crippen LogP contribution in [0.15, 0.2) is 66.6 Å². The van der Waals surface area contributed by atoms with E-state index < -0.39 is 0 Å². The maximum Gasteiger partial charge on any atom is 0.162 e. The quantitative estimate of drug-likeness (QED) is 0.228. The van der Waals surface area contributed by atoms with Crippen molar-refractivity contribution in [2.45, 2.75) is 19.2 Å². The summed E-state index contributed by atoms with van der Waals surface area (Å²) in [5.74, 6) is 1.65. The fraction of sp³-hybridized carbons (Fsp3) is 0.227. The number of nitrogens with zero attached hydrogens (tertiary/aromatic N) is 2. The van der Waals surface area contributed by atoms with Crippen LogP contribution in [0.5, 0.6) is 0 Å². The van der Waals surface area contributed by atoms with Gasteiger partial charge in [0.1, 0.15) is 17.1 Å². The Hall–Kier alpha value is -3.12. The van der Waals surface area contributed by atoms with E-state index in [1.54, 1.807) is 39.3 Å². The lowest BCUT2D eigenvalue weighted by Gasteiger charge is -2.17. The first-order valence-electron chi connectivity index (χ1n) is 9.11. The SMILES string of the molecule is C=C/C=C(\C=C(\OC)C(C)Cl)Nc1nc(-c2ccccc2)nc(C(C)=N)c1NC. The number of benzene rings is 1. The number of aromatic nitrogens is 2. The summed E-state index contributed by atoms with van der Waals surface area (Å²) in [6.45, 7) is 7.30. The Bertz CT molecular complexity index is 936.